The Balaban J connectivity index is 1.98. The first kappa shape index (κ1) is 14.0. The molecule has 19 heavy (non-hydrogen) atoms. The van der Waals surface area contributed by atoms with Crippen LogP contribution in [0.25, 0.3) is 0 Å². The molecule has 2 heterocycles. The summed E-state index contributed by atoms with van der Waals surface area (Å²) >= 11 is 0. The summed E-state index contributed by atoms with van der Waals surface area (Å²) in [5, 5.41) is 3.32. The SMILES string of the molecule is CN(C)CCNc1cc(N2CCCC2CN)ncn1. The first-order valence-corrected chi connectivity index (χ1v) is 6.88. The van der Waals surface area contributed by atoms with Gasteiger partial charge in [-0.2, -0.15) is 0 Å². The summed E-state index contributed by atoms with van der Waals surface area (Å²) in [7, 11) is 4.12. The van der Waals surface area contributed by atoms with Crippen molar-refractivity contribution in [3.8, 4) is 0 Å². The highest BCUT2D eigenvalue weighted by Crippen LogP contribution is 2.24. The van der Waals surface area contributed by atoms with Crippen LogP contribution >= 0.6 is 0 Å². The summed E-state index contributed by atoms with van der Waals surface area (Å²) in [6.45, 7) is 3.58. The number of hydrogen-bond acceptors (Lipinski definition) is 6. The standard InChI is InChI=1S/C13H24N6/c1-18(2)7-5-15-12-8-13(17-10-16-12)19-6-3-4-11(19)9-14/h8,10-11H,3-7,9,14H2,1-2H3,(H,15,16,17). The van der Waals surface area contributed by atoms with Gasteiger partial charge in [0.2, 0.25) is 0 Å². The largest absolute Gasteiger partial charge is 0.369 e. The second-order valence-corrected chi connectivity index (χ2v) is 5.22. The van der Waals surface area contributed by atoms with Crippen LogP contribution in [-0.2, 0) is 0 Å². The number of nitrogens with zero attached hydrogens (tertiary/aromatic N) is 4. The topological polar surface area (TPSA) is 70.3 Å². The van der Waals surface area contributed by atoms with Gasteiger partial charge in [-0.25, -0.2) is 9.97 Å². The number of likely N-dealkylation sites (N-methyl/N-ethyl adjacent to an activating group) is 1. The predicted octanol–water partition coefficient (Wildman–Crippen LogP) is 0.378. The molecular formula is C13H24N6. The monoisotopic (exact) mass is 264 g/mol. The molecule has 2 rings (SSSR count). The molecule has 1 unspecified atom stereocenters. The van der Waals surface area contributed by atoms with Gasteiger partial charge in [0.1, 0.15) is 18.0 Å². The molecule has 6 heteroatoms. The quantitative estimate of drug-likeness (QED) is 0.774. The minimum absolute atomic E-state index is 0.421. The lowest BCUT2D eigenvalue weighted by atomic mass is 10.2. The average molecular weight is 264 g/mol. The number of anilines is 2. The van der Waals surface area contributed by atoms with Crippen molar-refractivity contribution < 1.29 is 0 Å². The van der Waals surface area contributed by atoms with Gasteiger partial charge in [0.15, 0.2) is 0 Å². The van der Waals surface area contributed by atoms with E-state index in [2.05, 4.69) is 39.2 Å². The molecule has 0 saturated carbocycles. The third-order valence-corrected chi connectivity index (χ3v) is 3.46. The van der Waals surface area contributed by atoms with Crippen molar-refractivity contribution in [2.24, 2.45) is 5.73 Å². The number of rotatable bonds is 6. The van der Waals surface area contributed by atoms with E-state index in [0.29, 0.717) is 12.6 Å². The first-order valence-electron chi connectivity index (χ1n) is 6.88. The summed E-state index contributed by atoms with van der Waals surface area (Å²) in [4.78, 5) is 13.1. The fourth-order valence-electron chi connectivity index (χ4n) is 2.39. The normalized spacial score (nSPS) is 19.2. The zero-order valence-electron chi connectivity index (χ0n) is 11.8. The first-order chi connectivity index (χ1) is 9.20. The van der Waals surface area contributed by atoms with Crippen LogP contribution < -0.4 is 16.0 Å². The Morgan fingerprint density at radius 1 is 1.47 bits per heavy atom. The third kappa shape index (κ3) is 3.78. The van der Waals surface area contributed by atoms with Gasteiger partial charge in [0.25, 0.3) is 0 Å². The summed E-state index contributed by atoms with van der Waals surface area (Å²) in [5.74, 6) is 1.87. The molecule has 0 aliphatic carbocycles. The smallest absolute Gasteiger partial charge is 0.134 e. The summed E-state index contributed by atoms with van der Waals surface area (Å²) in [6.07, 6.45) is 3.97. The maximum absolute atomic E-state index is 5.81. The van der Waals surface area contributed by atoms with Crippen LogP contribution in [0.5, 0.6) is 0 Å². The molecule has 0 amide bonds. The lowest BCUT2D eigenvalue weighted by Crippen LogP contribution is -2.36. The van der Waals surface area contributed by atoms with Gasteiger partial charge in [0, 0.05) is 38.3 Å². The molecule has 1 aliphatic heterocycles. The van der Waals surface area contributed by atoms with Gasteiger partial charge < -0.3 is 20.9 Å². The molecule has 1 fully saturated rings. The molecule has 1 aromatic heterocycles. The van der Waals surface area contributed by atoms with Gasteiger partial charge in [-0.15, -0.1) is 0 Å². The highest BCUT2D eigenvalue weighted by molar-refractivity contribution is 5.49. The van der Waals surface area contributed by atoms with Crippen LogP contribution in [0.15, 0.2) is 12.4 Å². The van der Waals surface area contributed by atoms with Gasteiger partial charge in [-0.1, -0.05) is 0 Å². The van der Waals surface area contributed by atoms with Crippen molar-refractivity contribution in [1.29, 1.82) is 0 Å². The molecule has 1 saturated heterocycles. The highest BCUT2D eigenvalue weighted by atomic mass is 15.2. The molecule has 106 valence electrons. The van der Waals surface area contributed by atoms with E-state index in [-0.39, 0.29) is 0 Å². The summed E-state index contributed by atoms with van der Waals surface area (Å²) in [5.41, 5.74) is 5.81. The van der Waals surface area contributed by atoms with Crippen molar-refractivity contribution in [2.75, 3.05) is 50.5 Å². The van der Waals surface area contributed by atoms with Crippen molar-refractivity contribution in [3.63, 3.8) is 0 Å². The van der Waals surface area contributed by atoms with E-state index in [4.69, 9.17) is 5.73 Å². The van der Waals surface area contributed by atoms with Crippen molar-refractivity contribution in [3.05, 3.63) is 12.4 Å². The van der Waals surface area contributed by atoms with Gasteiger partial charge in [0.05, 0.1) is 0 Å². The minimum Gasteiger partial charge on any atom is -0.369 e. The van der Waals surface area contributed by atoms with E-state index >= 15 is 0 Å². The zero-order chi connectivity index (χ0) is 13.7. The molecule has 1 aromatic rings. The fraction of sp³-hybridized carbons (Fsp3) is 0.692. The van der Waals surface area contributed by atoms with E-state index in [1.165, 1.54) is 6.42 Å². The van der Waals surface area contributed by atoms with Gasteiger partial charge in [-0.3, -0.25) is 0 Å². The van der Waals surface area contributed by atoms with Crippen LogP contribution in [0.3, 0.4) is 0 Å². The Labute approximate surface area is 115 Å². The van der Waals surface area contributed by atoms with Crippen molar-refractivity contribution >= 4 is 11.6 Å². The minimum atomic E-state index is 0.421. The summed E-state index contributed by atoms with van der Waals surface area (Å²) in [6, 6.07) is 2.44. The second-order valence-electron chi connectivity index (χ2n) is 5.22. The van der Waals surface area contributed by atoms with E-state index in [1.54, 1.807) is 6.33 Å². The predicted molar refractivity (Wildman–Crippen MR) is 78.5 cm³/mol. The molecule has 1 aliphatic rings. The number of hydrogen-bond donors (Lipinski definition) is 2. The van der Waals surface area contributed by atoms with Gasteiger partial charge in [-0.05, 0) is 26.9 Å². The third-order valence-electron chi connectivity index (χ3n) is 3.46. The number of nitrogens with one attached hydrogen (secondary N) is 1. The maximum Gasteiger partial charge on any atom is 0.134 e. The van der Waals surface area contributed by atoms with Gasteiger partial charge >= 0.3 is 0 Å². The molecule has 0 bridgehead atoms. The summed E-state index contributed by atoms with van der Waals surface area (Å²) < 4.78 is 0. The molecule has 1 atom stereocenters. The maximum atomic E-state index is 5.81. The Kier molecular flexibility index (Phi) is 4.93. The number of aromatic nitrogens is 2. The Morgan fingerprint density at radius 2 is 2.32 bits per heavy atom. The molecular weight excluding hydrogens is 240 g/mol. The van der Waals surface area contributed by atoms with E-state index in [1.807, 2.05) is 6.07 Å². The fourth-order valence-corrected chi connectivity index (χ4v) is 2.39. The molecule has 6 nitrogen and oxygen atoms in total. The number of nitrogens with two attached hydrogens (primary N) is 1. The molecule has 0 aromatic carbocycles. The molecule has 0 radical (unpaired) electrons. The van der Waals surface area contributed by atoms with Crippen molar-refractivity contribution in [1.82, 2.24) is 14.9 Å². The van der Waals surface area contributed by atoms with Crippen molar-refractivity contribution in [2.45, 2.75) is 18.9 Å². The highest BCUT2D eigenvalue weighted by Gasteiger charge is 2.24. The van der Waals surface area contributed by atoms with Crippen LogP contribution in [0.2, 0.25) is 0 Å². The second kappa shape index (κ2) is 6.68. The Hall–Kier alpha value is -1.40. The lowest BCUT2D eigenvalue weighted by molar-refractivity contribution is 0.425. The van der Waals surface area contributed by atoms with E-state index in [0.717, 1.165) is 37.7 Å². The van der Waals surface area contributed by atoms with E-state index < -0.39 is 0 Å². The molecule has 0 spiro atoms. The zero-order valence-corrected chi connectivity index (χ0v) is 11.8. The molecule has 3 N–H and O–H groups in total. The van der Waals surface area contributed by atoms with Crippen LogP contribution in [0.4, 0.5) is 11.6 Å². The lowest BCUT2D eigenvalue weighted by Gasteiger charge is -2.24. The van der Waals surface area contributed by atoms with Crippen LogP contribution in [0, 0.1) is 0 Å². The Morgan fingerprint density at radius 3 is 3.05 bits per heavy atom. The van der Waals surface area contributed by atoms with Crippen LogP contribution in [0.1, 0.15) is 12.8 Å². The Bertz CT molecular complexity index is 394. The van der Waals surface area contributed by atoms with E-state index in [9.17, 15) is 0 Å². The van der Waals surface area contributed by atoms with Crippen LogP contribution in [-0.4, -0.2) is 61.2 Å². The average Bonchev–Trinajstić information content (AvgIpc) is 2.87.